The molecule has 0 bridgehead atoms. The highest BCUT2D eigenvalue weighted by Crippen LogP contribution is 2.41. The van der Waals surface area contributed by atoms with Gasteiger partial charge in [0, 0.05) is 13.5 Å². The molecule has 1 saturated heterocycles. The van der Waals surface area contributed by atoms with Gasteiger partial charge in [-0.3, -0.25) is 19.3 Å². The van der Waals surface area contributed by atoms with E-state index in [1.165, 1.54) is 11.9 Å². The summed E-state index contributed by atoms with van der Waals surface area (Å²) in [6.45, 7) is 1.70. The molecule has 0 aromatic heterocycles. The van der Waals surface area contributed by atoms with Gasteiger partial charge in [-0.1, -0.05) is 18.9 Å². The Bertz CT molecular complexity index is 961. The maximum Gasteiger partial charge on any atom is 0.407 e. The third kappa shape index (κ3) is 3.77. The monoisotopic (exact) mass is 430 g/mol. The lowest BCUT2D eigenvalue weighted by Crippen LogP contribution is -2.55. The quantitative estimate of drug-likeness (QED) is 0.634. The maximum atomic E-state index is 13.4. The molecular formula is C21H26N4O6. The van der Waals surface area contributed by atoms with Gasteiger partial charge in [-0.25, -0.2) is 4.79 Å². The third-order valence-electron chi connectivity index (χ3n) is 6.35. The number of carboxylic acid groups (broad SMARTS) is 1. The van der Waals surface area contributed by atoms with Crippen LogP contribution in [0.2, 0.25) is 0 Å². The van der Waals surface area contributed by atoms with Gasteiger partial charge in [-0.2, -0.15) is 0 Å². The molecule has 1 aliphatic carbocycles. The highest BCUT2D eigenvalue weighted by Gasteiger charge is 2.57. The number of hydrogen-bond donors (Lipinski definition) is 3. The average molecular weight is 430 g/mol. The summed E-state index contributed by atoms with van der Waals surface area (Å²) in [7, 11) is 1.33. The van der Waals surface area contributed by atoms with Crippen molar-refractivity contribution in [3.63, 3.8) is 0 Å². The van der Waals surface area contributed by atoms with Crippen LogP contribution in [-0.4, -0.2) is 70.0 Å². The van der Waals surface area contributed by atoms with Crippen LogP contribution in [0, 0.1) is 12.8 Å². The summed E-state index contributed by atoms with van der Waals surface area (Å²) in [5, 5.41) is 12.2. The number of rotatable bonds is 5. The van der Waals surface area contributed by atoms with Crippen molar-refractivity contribution in [1.29, 1.82) is 0 Å². The fraction of sp³-hybridized carbons (Fsp3) is 0.524. The van der Waals surface area contributed by atoms with Gasteiger partial charge >= 0.3 is 6.09 Å². The first-order valence-electron chi connectivity index (χ1n) is 10.3. The number of carbonyl (C=O) groups is 4. The summed E-state index contributed by atoms with van der Waals surface area (Å²) >= 11 is 0. The molecule has 1 spiro atoms. The number of amides is 4. The van der Waals surface area contributed by atoms with Crippen LogP contribution < -0.4 is 15.8 Å². The van der Waals surface area contributed by atoms with Gasteiger partial charge < -0.3 is 25.8 Å². The number of benzene rings is 1. The molecule has 10 nitrogen and oxygen atoms in total. The van der Waals surface area contributed by atoms with Crippen LogP contribution in [0.5, 0.6) is 5.75 Å². The number of fused-ring (bicyclic) bond motifs is 1. The topological polar surface area (TPSA) is 142 Å². The second-order valence-corrected chi connectivity index (χ2v) is 8.73. The molecule has 10 heteroatoms. The van der Waals surface area contributed by atoms with E-state index in [0.29, 0.717) is 17.9 Å². The molecule has 3 aliphatic rings. The molecule has 4 amide bonds. The second-order valence-electron chi connectivity index (χ2n) is 8.73. The lowest BCUT2D eigenvalue weighted by atomic mass is 9.96. The van der Waals surface area contributed by atoms with Crippen LogP contribution in [0.1, 0.15) is 31.2 Å². The third-order valence-corrected chi connectivity index (χ3v) is 6.35. The Kier molecular flexibility index (Phi) is 5.03. The number of carbonyl (C=O) groups excluding carboxylic acids is 3. The Morgan fingerprint density at radius 3 is 2.71 bits per heavy atom. The van der Waals surface area contributed by atoms with E-state index in [4.69, 9.17) is 10.5 Å². The molecule has 1 aromatic carbocycles. The maximum absolute atomic E-state index is 13.4. The number of nitrogens with zero attached hydrogens (tertiary/aromatic N) is 2. The summed E-state index contributed by atoms with van der Waals surface area (Å²) in [5.41, 5.74) is 5.55. The standard InChI is InChI=1S/C21H26N4O6/c1-11-3-6-13-16(7-11)31-21(19(28)23-13)9-15(17(22)26)25(10-21)18(27)14(8-12-4-5-12)24(2)20(29)30/h3,6-7,12,14-15H,4-5,8-10H2,1-2H3,(H2,22,26)(H,23,28)(H,29,30)/t14-,15-,21?/m0/s1. The van der Waals surface area contributed by atoms with Gasteiger partial charge in [0.15, 0.2) is 0 Å². The number of nitrogens with one attached hydrogen (secondary N) is 1. The number of nitrogens with two attached hydrogens (primary N) is 1. The van der Waals surface area contributed by atoms with E-state index in [9.17, 15) is 24.3 Å². The van der Waals surface area contributed by atoms with E-state index in [1.807, 2.05) is 13.0 Å². The number of likely N-dealkylation sites (tertiary alicyclic amines) is 1. The van der Waals surface area contributed by atoms with Crippen LogP contribution in [-0.2, 0) is 14.4 Å². The first-order valence-corrected chi connectivity index (χ1v) is 10.3. The van der Waals surface area contributed by atoms with Gasteiger partial charge in [0.2, 0.25) is 17.4 Å². The Labute approximate surface area is 179 Å². The van der Waals surface area contributed by atoms with Crippen molar-refractivity contribution >= 4 is 29.5 Å². The zero-order valence-electron chi connectivity index (χ0n) is 17.5. The minimum absolute atomic E-state index is 0.0970. The lowest BCUT2D eigenvalue weighted by molar-refractivity contribution is -0.142. The number of anilines is 1. The molecule has 3 atom stereocenters. The molecule has 4 N–H and O–H groups in total. The number of likely N-dealkylation sites (N-methyl/N-ethyl adjacent to an activating group) is 1. The molecular weight excluding hydrogens is 404 g/mol. The Hall–Kier alpha value is -3.30. The summed E-state index contributed by atoms with van der Waals surface area (Å²) in [6, 6.07) is 3.30. The summed E-state index contributed by atoms with van der Waals surface area (Å²) in [6.07, 6.45) is 0.899. The van der Waals surface area contributed by atoms with E-state index in [1.54, 1.807) is 12.1 Å². The summed E-state index contributed by atoms with van der Waals surface area (Å²) in [5.74, 6) is -1.04. The van der Waals surface area contributed by atoms with Gasteiger partial charge in [-0.15, -0.1) is 0 Å². The zero-order chi connectivity index (χ0) is 22.5. The van der Waals surface area contributed by atoms with Crippen LogP contribution in [0.4, 0.5) is 10.5 Å². The lowest BCUT2D eigenvalue weighted by Gasteiger charge is -2.35. The molecule has 166 valence electrons. The number of primary amides is 1. The van der Waals surface area contributed by atoms with Gasteiger partial charge in [0.1, 0.15) is 17.8 Å². The van der Waals surface area contributed by atoms with Crippen LogP contribution in [0.15, 0.2) is 18.2 Å². The fourth-order valence-corrected chi connectivity index (χ4v) is 4.33. The van der Waals surface area contributed by atoms with E-state index in [0.717, 1.165) is 23.3 Å². The van der Waals surface area contributed by atoms with Crippen molar-refractivity contribution in [3.8, 4) is 5.75 Å². The predicted octanol–water partition coefficient (Wildman–Crippen LogP) is 0.929. The number of hydrogen-bond acceptors (Lipinski definition) is 5. The minimum Gasteiger partial charge on any atom is -0.473 e. The highest BCUT2D eigenvalue weighted by atomic mass is 16.5. The predicted molar refractivity (Wildman–Crippen MR) is 109 cm³/mol. The van der Waals surface area contributed by atoms with Gasteiger partial charge in [-0.05, 0) is 37.0 Å². The molecule has 31 heavy (non-hydrogen) atoms. The van der Waals surface area contributed by atoms with E-state index in [-0.39, 0.29) is 18.9 Å². The van der Waals surface area contributed by atoms with E-state index < -0.39 is 41.5 Å². The van der Waals surface area contributed by atoms with Crippen LogP contribution >= 0.6 is 0 Å². The van der Waals surface area contributed by atoms with Crippen LogP contribution in [0.25, 0.3) is 0 Å². The van der Waals surface area contributed by atoms with Crippen molar-refractivity contribution in [3.05, 3.63) is 23.8 Å². The normalized spacial score (nSPS) is 25.4. The molecule has 4 rings (SSSR count). The SMILES string of the molecule is Cc1ccc2c(c1)OC1(C[C@@H](C(N)=O)N(C(=O)[C@H](CC3CC3)N(C)C(=O)O)C1)C(=O)N2. The van der Waals surface area contributed by atoms with Crippen molar-refractivity contribution in [2.45, 2.75) is 50.3 Å². The van der Waals surface area contributed by atoms with Crippen molar-refractivity contribution in [2.75, 3.05) is 18.9 Å². The first-order chi connectivity index (χ1) is 14.6. The molecule has 2 fully saturated rings. The molecule has 2 heterocycles. The largest absolute Gasteiger partial charge is 0.473 e. The Balaban J connectivity index is 1.65. The molecule has 1 aromatic rings. The van der Waals surface area contributed by atoms with Crippen LogP contribution in [0.3, 0.4) is 0 Å². The molecule has 0 radical (unpaired) electrons. The minimum atomic E-state index is -1.47. The number of ether oxygens (including phenoxy) is 1. The van der Waals surface area contributed by atoms with Crippen molar-refractivity contribution in [2.24, 2.45) is 11.7 Å². The second kappa shape index (κ2) is 7.44. The summed E-state index contributed by atoms with van der Waals surface area (Å²) in [4.78, 5) is 52.4. The average Bonchev–Trinajstić information content (AvgIpc) is 3.45. The fourth-order valence-electron chi connectivity index (χ4n) is 4.33. The van der Waals surface area contributed by atoms with Gasteiger partial charge in [0.05, 0.1) is 12.2 Å². The number of aryl methyl sites for hydroxylation is 1. The van der Waals surface area contributed by atoms with Gasteiger partial charge in [0.25, 0.3) is 5.91 Å². The molecule has 1 unspecified atom stereocenters. The van der Waals surface area contributed by atoms with E-state index >= 15 is 0 Å². The first kappa shape index (κ1) is 21.0. The Morgan fingerprint density at radius 2 is 2.10 bits per heavy atom. The molecule has 1 saturated carbocycles. The van der Waals surface area contributed by atoms with E-state index in [2.05, 4.69) is 5.32 Å². The highest BCUT2D eigenvalue weighted by molar-refractivity contribution is 6.03. The Morgan fingerprint density at radius 1 is 1.39 bits per heavy atom. The molecule has 2 aliphatic heterocycles. The van der Waals surface area contributed by atoms with Crippen molar-refractivity contribution < 1.29 is 29.0 Å². The zero-order valence-corrected chi connectivity index (χ0v) is 17.5. The van der Waals surface area contributed by atoms with Crippen molar-refractivity contribution in [1.82, 2.24) is 9.80 Å². The summed E-state index contributed by atoms with van der Waals surface area (Å²) < 4.78 is 6.07. The smallest absolute Gasteiger partial charge is 0.407 e.